The molecule has 0 bridgehead atoms. The van der Waals surface area contributed by atoms with Gasteiger partial charge in [0.05, 0.1) is 11.6 Å². The third-order valence-corrected chi connectivity index (χ3v) is 4.95. The van der Waals surface area contributed by atoms with Gasteiger partial charge in [-0.2, -0.15) is 0 Å². The van der Waals surface area contributed by atoms with Crippen LogP contribution in [0.1, 0.15) is 37.7 Å². The van der Waals surface area contributed by atoms with Crippen molar-refractivity contribution in [1.29, 1.82) is 0 Å². The summed E-state index contributed by atoms with van der Waals surface area (Å²) in [7, 11) is 0. The van der Waals surface area contributed by atoms with Crippen molar-refractivity contribution >= 4 is 16.6 Å². The number of hydrogen-bond donors (Lipinski definition) is 2. The zero-order chi connectivity index (χ0) is 18.5. The molecule has 138 valence electrons. The molecule has 1 fully saturated rings. The second-order valence-corrected chi connectivity index (χ2v) is 6.85. The van der Waals surface area contributed by atoms with Crippen molar-refractivity contribution in [2.45, 2.75) is 38.1 Å². The van der Waals surface area contributed by atoms with Crippen LogP contribution < -0.4 is 10.2 Å². The Labute approximate surface area is 158 Å². The fourth-order valence-electron chi connectivity index (χ4n) is 3.55. The first kappa shape index (κ1) is 17.5. The first-order valence-corrected chi connectivity index (χ1v) is 9.43. The Morgan fingerprint density at radius 2 is 1.81 bits per heavy atom. The highest BCUT2D eigenvalue weighted by molar-refractivity contribution is 6.00. The van der Waals surface area contributed by atoms with E-state index in [9.17, 15) is 5.21 Å². The Morgan fingerprint density at radius 3 is 2.63 bits per heavy atom. The minimum Gasteiger partial charge on any atom is -0.438 e. The smallest absolute Gasteiger partial charge is 0.230 e. The molecule has 0 amide bonds. The highest BCUT2D eigenvalue weighted by Gasteiger charge is 2.17. The minimum atomic E-state index is 0.224. The van der Waals surface area contributed by atoms with Gasteiger partial charge in [0.25, 0.3) is 0 Å². The highest BCUT2D eigenvalue weighted by Crippen LogP contribution is 2.27. The zero-order valence-electron chi connectivity index (χ0n) is 15.1. The standard InChI is InChI=1S/C22H23N3O2/c26-25-21(24-18-9-2-1-3-10-18)20-11-6-14-23-22(20)27-19-13-12-16-7-4-5-8-17(16)15-19/h4-8,11-15,18,26H,1-3,9-10H2,(H,24,25). The predicted octanol–water partition coefficient (Wildman–Crippen LogP) is 5.09. The molecule has 1 aliphatic carbocycles. The van der Waals surface area contributed by atoms with E-state index >= 15 is 0 Å². The minimum absolute atomic E-state index is 0.224. The third-order valence-electron chi connectivity index (χ3n) is 4.95. The second kappa shape index (κ2) is 8.18. The van der Waals surface area contributed by atoms with Crippen LogP contribution in [0.5, 0.6) is 11.6 Å². The molecule has 1 saturated carbocycles. The first-order chi connectivity index (χ1) is 13.3. The summed E-state index contributed by atoms with van der Waals surface area (Å²) in [6, 6.07) is 18.0. The summed E-state index contributed by atoms with van der Waals surface area (Å²) in [5.74, 6) is 1.53. The van der Waals surface area contributed by atoms with Crippen LogP contribution in [0.3, 0.4) is 0 Å². The molecule has 0 spiro atoms. The number of rotatable bonds is 4. The molecule has 2 N–H and O–H groups in total. The fraction of sp³-hybridized carbons (Fsp3) is 0.273. The van der Waals surface area contributed by atoms with Gasteiger partial charge >= 0.3 is 0 Å². The maximum Gasteiger partial charge on any atom is 0.230 e. The van der Waals surface area contributed by atoms with Crippen LogP contribution >= 0.6 is 0 Å². The summed E-state index contributed by atoms with van der Waals surface area (Å²) >= 11 is 0. The molecule has 0 aliphatic heterocycles. The Bertz CT molecular complexity index is 949. The van der Waals surface area contributed by atoms with Gasteiger partial charge in [0.1, 0.15) is 5.75 Å². The van der Waals surface area contributed by atoms with Gasteiger partial charge in [0.2, 0.25) is 5.88 Å². The van der Waals surface area contributed by atoms with E-state index in [2.05, 4.69) is 16.5 Å². The Balaban J connectivity index is 1.64. The van der Waals surface area contributed by atoms with Crippen molar-refractivity contribution in [2.24, 2.45) is 4.99 Å². The number of nitrogens with zero attached hydrogens (tertiary/aromatic N) is 2. The number of hydroxylamine groups is 1. The second-order valence-electron chi connectivity index (χ2n) is 6.85. The number of benzene rings is 2. The van der Waals surface area contributed by atoms with Crippen LogP contribution in [-0.4, -0.2) is 22.1 Å². The largest absolute Gasteiger partial charge is 0.438 e. The molecule has 0 atom stereocenters. The Morgan fingerprint density at radius 1 is 1.00 bits per heavy atom. The molecule has 27 heavy (non-hydrogen) atoms. The van der Waals surface area contributed by atoms with E-state index in [1.54, 1.807) is 6.20 Å². The maximum atomic E-state index is 9.68. The van der Waals surface area contributed by atoms with Gasteiger partial charge in [-0.1, -0.05) is 49.6 Å². The lowest BCUT2D eigenvalue weighted by Gasteiger charge is -2.19. The maximum absolute atomic E-state index is 9.68. The molecule has 0 saturated heterocycles. The average molecular weight is 361 g/mol. The number of amidine groups is 1. The average Bonchev–Trinajstić information content (AvgIpc) is 2.73. The lowest BCUT2D eigenvalue weighted by molar-refractivity contribution is 0.233. The van der Waals surface area contributed by atoms with Crippen molar-refractivity contribution < 1.29 is 9.94 Å². The summed E-state index contributed by atoms with van der Waals surface area (Å²) in [6.45, 7) is 0. The molecule has 5 nitrogen and oxygen atoms in total. The quantitative estimate of drug-likeness (QED) is 0.386. The molecule has 4 rings (SSSR count). The highest BCUT2D eigenvalue weighted by atomic mass is 16.5. The number of aliphatic imine (C=N–C) groups is 1. The van der Waals surface area contributed by atoms with E-state index in [0.29, 0.717) is 23.0 Å². The summed E-state index contributed by atoms with van der Waals surface area (Å²) in [4.78, 5) is 9.07. The fourth-order valence-corrected chi connectivity index (χ4v) is 3.55. The lowest BCUT2D eigenvalue weighted by atomic mass is 9.96. The van der Waals surface area contributed by atoms with Gasteiger partial charge in [-0.15, -0.1) is 0 Å². The van der Waals surface area contributed by atoms with Crippen molar-refractivity contribution in [3.63, 3.8) is 0 Å². The van der Waals surface area contributed by atoms with E-state index in [-0.39, 0.29) is 6.04 Å². The van der Waals surface area contributed by atoms with Crippen LogP contribution in [0.4, 0.5) is 0 Å². The number of aromatic nitrogens is 1. The van der Waals surface area contributed by atoms with Crippen molar-refractivity contribution in [1.82, 2.24) is 10.5 Å². The van der Waals surface area contributed by atoms with Crippen LogP contribution in [0.15, 0.2) is 65.8 Å². The summed E-state index contributed by atoms with van der Waals surface area (Å²) in [6.07, 6.45) is 7.39. The van der Waals surface area contributed by atoms with E-state index in [1.165, 1.54) is 19.3 Å². The van der Waals surface area contributed by atoms with Crippen molar-refractivity contribution in [3.8, 4) is 11.6 Å². The van der Waals surface area contributed by atoms with E-state index in [4.69, 9.17) is 9.73 Å². The molecule has 5 heteroatoms. The molecule has 1 heterocycles. The molecule has 1 aliphatic rings. The SMILES string of the molecule is ONC(=NC1CCCCC1)c1cccnc1Oc1ccc2ccccc2c1. The summed E-state index contributed by atoms with van der Waals surface area (Å²) < 4.78 is 6.05. The normalized spacial score (nSPS) is 15.7. The van der Waals surface area contributed by atoms with Crippen LogP contribution in [0, 0.1) is 0 Å². The number of hydrogen-bond acceptors (Lipinski definition) is 4. The van der Waals surface area contributed by atoms with Gasteiger partial charge in [0.15, 0.2) is 5.84 Å². The summed E-state index contributed by atoms with van der Waals surface area (Å²) in [5.41, 5.74) is 2.90. The Kier molecular flexibility index (Phi) is 5.30. The van der Waals surface area contributed by atoms with Gasteiger partial charge < -0.3 is 4.74 Å². The van der Waals surface area contributed by atoms with Crippen LogP contribution in [0.25, 0.3) is 10.8 Å². The Hall–Kier alpha value is -2.92. The molecule has 0 unspecified atom stereocenters. The molecular weight excluding hydrogens is 338 g/mol. The first-order valence-electron chi connectivity index (χ1n) is 9.43. The molecule has 2 aromatic carbocycles. The number of fused-ring (bicyclic) bond motifs is 1. The van der Waals surface area contributed by atoms with Crippen LogP contribution in [0.2, 0.25) is 0 Å². The molecule has 1 aromatic heterocycles. The molecule has 3 aromatic rings. The third kappa shape index (κ3) is 4.09. The number of ether oxygens (including phenoxy) is 1. The van der Waals surface area contributed by atoms with Crippen molar-refractivity contribution in [2.75, 3.05) is 0 Å². The topological polar surface area (TPSA) is 66.7 Å². The zero-order valence-corrected chi connectivity index (χ0v) is 15.1. The van der Waals surface area contributed by atoms with E-state index in [1.807, 2.05) is 48.5 Å². The molecule has 0 radical (unpaired) electrons. The van der Waals surface area contributed by atoms with Gasteiger partial charge in [-0.25, -0.2) is 4.98 Å². The van der Waals surface area contributed by atoms with Gasteiger partial charge in [-0.05, 0) is 47.9 Å². The molecular formula is C22H23N3O2. The van der Waals surface area contributed by atoms with Crippen LogP contribution in [-0.2, 0) is 0 Å². The monoisotopic (exact) mass is 361 g/mol. The van der Waals surface area contributed by atoms with E-state index in [0.717, 1.165) is 23.6 Å². The predicted molar refractivity (Wildman–Crippen MR) is 107 cm³/mol. The summed E-state index contributed by atoms with van der Waals surface area (Å²) in [5, 5.41) is 11.9. The van der Waals surface area contributed by atoms with E-state index < -0.39 is 0 Å². The number of pyridine rings is 1. The van der Waals surface area contributed by atoms with Gasteiger partial charge in [-0.3, -0.25) is 15.7 Å². The van der Waals surface area contributed by atoms with Crippen molar-refractivity contribution in [3.05, 3.63) is 66.4 Å². The number of nitrogens with one attached hydrogen (secondary N) is 1. The lowest BCUT2D eigenvalue weighted by Crippen LogP contribution is -2.25. The van der Waals surface area contributed by atoms with Gasteiger partial charge in [0, 0.05) is 6.20 Å².